The Labute approximate surface area is 64.6 Å². The molecule has 1 aliphatic heterocycles. The van der Waals surface area contributed by atoms with Crippen LogP contribution in [0.15, 0.2) is 40.6 Å². The first-order valence-electron chi connectivity index (χ1n) is 3.47. The number of carbonyl (C=O) groups excluding carboxylic acids is 1. The quantitative estimate of drug-likeness (QED) is 0.474. The molecule has 54 valence electrons. The van der Waals surface area contributed by atoms with E-state index in [0.29, 0.717) is 0 Å². The van der Waals surface area contributed by atoms with E-state index in [4.69, 9.17) is 0 Å². The SMILES string of the molecule is CC1=C2C=CN=C2C=CC1=O. The molecule has 0 aromatic rings. The third kappa shape index (κ3) is 0.792. The largest absolute Gasteiger partial charge is 0.290 e. The van der Waals surface area contributed by atoms with E-state index >= 15 is 0 Å². The maximum Gasteiger partial charge on any atom is 0.182 e. The average Bonchev–Trinajstić information content (AvgIpc) is 2.45. The van der Waals surface area contributed by atoms with Crippen LogP contribution in [0.2, 0.25) is 0 Å². The van der Waals surface area contributed by atoms with Gasteiger partial charge in [0.25, 0.3) is 0 Å². The molecule has 0 fully saturated rings. The van der Waals surface area contributed by atoms with Gasteiger partial charge in [-0.15, -0.1) is 0 Å². The summed E-state index contributed by atoms with van der Waals surface area (Å²) in [6, 6.07) is 0. The molecule has 2 aliphatic rings. The topological polar surface area (TPSA) is 29.4 Å². The number of fused-ring (bicyclic) bond motifs is 1. The van der Waals surface area contributed by atoms with Crippen LogP contribution < -0.4 is 0 Å². The highest BCUT2D eigenvalue weighted by atomic mass is 16.1. The van der Waals surface area contributed by atoms with E-state index in [2.05, 4.69) is 4.99 Å². The Morgan fingerprint density at radius 3 is 2.91 bits per heavy atom. The van der Waals surface area contributed by atoms with Gasteiger partial charge in [-0.3, -0.25) is 9.79 Å². The Hall–Kier alpha value is -1.44. The maximum absolute atomic E-state index is 11.1. The molecule has 1 heterocycles. The molecule has 0 radical (unpaired) electrons. The minimum atomic E-state index is 0.0884. The van der Waals surface area contributed by atoms with Crippen molar-refractivity contribution in [1.82, 2.24) is 0 Å². The van der Waals surface area contributed by atoms with Crippen LogP contribution in [0.1, 0.15) is 6.92 Å². The number of rotatable bonds is 0. The summed E-state index contributed by atoms with van der Waals surface area (Å²) in [4.78, 5) is 15.2. The van der Waals surface area contributed by atoms with Crippen molar-refractivity contribution in [2.24, 2.45) is 4.99 Å². The zero-order valence-corrected chi connectivity index (χ0v) is 6.16. The summed E-state index contributed by atoms with van der Waals surface area (Å²) in [5.41, 5.74) is 2.67. The molecule has 1 aliphatic carbocycles. The molecule has 0 bridgehead atoms. The van der Waals surface area contributed by atoms with Crippen LogP contribution in [-0.2, 0) is 4.79 Å². The Balaban J connectivity index is 2.60. The molecule has 0 aromatic carbocycles. The first-order chi connectivity index (χ1) is 5.29. The number of ketones is 1. The van der Waals surface area contributed by atoms with Gasteiger partial charge in [-0.05, 0) is 25.2 Å². The van der Waals surface area contributed by atoms with E-state index in [-0.39, 0.29) is 5.78 Å². The van der Waals surface area contributed by atoms with E-state index in [1.54, 1.807) is 18.4 Å². The van der Waals surface area contributed by atoms with E-state index in [1.165, 1.54) is 0 Å². The zero-order chi connectivity index (χ0) is 7.84. The molecule has 0 atom stereocenters. The summed E-state index contributed by atoms with van der Waals surface area (Å²) in [7, 11) is 0. The van der Waals surface area contributed by atoms with Gasteiger partial charge in [-0.25, -0.2) is 0 Å². The summed E-state index contributed by atoms with van der Waals surface area (Å²) in [6.07, 6.45) is 6.90. The van der Waals surface area contributed by atoms with E-state index < -0.39 is 0 Å². The van der Waals surface area contributed by atoms with Crippen LogP contribution in [0.3, 0.4) is 0 Å². The van der Waals surface area contributed by atoms with Crippen LogP contribution in [0.4, 0.5) is 0 Å². The number of carbonyl (C=O) groups is 1. The fourth-order valence-corrected chi connectivity index (χ4v) is 1.21. The van der Waals surface area contributed by atoms with Gasteiger partial charge < -0.3 is 0 Å². The first kappa shape index (κ1) is 6.28. The van der Waals surface area contributed by atoms with Gasteiger partial charge in [0.05, 0.1) is 5.71 Å². The number of allylic oxidation sites excluding steroid dienone is 5. The van der Waals surface area contributed by atoms with Crippen molar-refractivity contribution in [1.29, 1.82) is 0 Å². The lowest BCUT2D eigenvalue weighted by atomic mass is 9.97. The van der Waals surface area contributed by atoms with Gasteiger partial charge in [-0.2, -0.15) is 0 Å². The van der Waals surface area contributed by atoms with Crippen LogP contribution >= 0.6 is 0 Å². The highest BCUT2D eigenvalue weighted by Gasteiger charge is 2.17. The van der Waals surface area contributed by atoms with Crippen molar-refractivity contribution in [2.45, 2.75) is 6.92 Å². The second kappa shape index (κ2) is 2.02. The lowest BCUT2D eigenvalue weighted by molar-refractivity contribution is -0.111. The van der Waals surface area contributed by atoms with Crippen molar-refractivity contribution >= 4 is 11.5 Å². The molecule has 0 amide bonds. The molecule has 11 heavy (non-hydrogen) atoms. The van der Waals surface area contributed by atoms with Gasteiger partial charge in [0.2, 0.25) is 0 Å². The molecule has 2 rings (SSSR count). The van der Waals surface area contributed by atoms with Gasteiger partial charge in [0.15, 0.2) is 5.78 Å². The number of hydrogen-bond donors (Lipinski definition) is 0. The molecular formula is C9H7NO. The van der Waals surface area contributed by atoms with Gasteiger partial charge >= 0.3 is 0 Å². The first-order valence-corrected chi connectivity index (χ1v) is 3.47. The van der Waals surface area contributed by atoms with Crippen LogP contribution in [0.5, 0.6) is 0 Å². The number of hydrogen-bond acceptors (Lipinski definition) is 2. The summed E-state index contributed by atoms with van der Waals surface area (Å²) in [6.45, 7) is 1.83. The molecule has 0 saturated heterocycles. The Morgan fingerprint density at radius 1 is 1.27 bits per heavy atom. The smallest absolute Gasteiger partial charge is 0.182 e. The maximum atomic E-state index is 11.1. The summed E-state index contributed by atoms with van der Waals surface area (Å²) in [5, 5.41) is 0. The second-order valence-electron chi connectivity index (χ2n) is 2.57. The van der Waals surface area contributed by atoms with Crippen molar-refractivity contribution in [3.8, 4) is 0 Å². The zero-order valence-electron chi connectivity index (χ0n) is 6.16. The third-order valence-electron chi connectivity index (χ3n) is 1.90. The summed E-state index contributed by atoms with van der Waals surface area (Å²) in [5.74, 6) is 0.0884. The second-order valence-corrected chi connectivity index (χ2v) is 2.57. The van der Waals surface area contributed by atoms with E-state index in [1.807, 2.05) is 13.0 Å². The van der Waals surface area contributed by atoms with Crippen LogP contribution in [0.25, 0.3) is 0 Å². The Kier molecular flexibility index (Phi) is 1.15. The fraction of sp³-hybridized carbons (Fsp3) is 0.111. The standard InChI is InChI=1S/C9H7NO/c1-6-7-4-5-10-8(7)2-3-9(6)11/h2-5H,1H3. The molecule has 0 saturated carbocycles. The lowest BCUT2D eigenvalue weighted by Gasteiger charge is -2.06. The predicted molar refractivity (Wildman–Crippen MR) is 43.4 cm³/mol. The van der Waals surface area contributed by atoms with Crippen LogP contribution in [-0.4, -0.2) is 11.5 Å². The van der Waals surface area contributed by atoms with E-state index in [9.17, 15) is 4.79 Å². The van der Waals surface area contributed by atoms with Crippen LogP contribution in [0, 0.1) is 0 Å². The van der Waals surface area contributed by atoms with Crippen molar-refractivity contribution in [3.63, 3.8) is 0 Å². The third-order valence-corrected chi connectivity index (χ3v) is 1.90. The average molecular weight is 145 g/mol. The minimum absolute atomic E-state index is 0.0884. The van der Waals surface area contributed by atoms with E-state index in [0.717, 1.165) is 16.9 Å². The number of nitrogens with zero attached hydrogens (tertiary/aromatic N) is 1. The highest BCUT2D eigenvalue weighted by molar-refractivity contribution is 6.24. The van der Waals surface area contributed by atoms with Gasteiger partial charge in [0.1, 0.15) is 0 Å². The van der Waals surface area contributed by atoms with Crippen molar-refractivity contribution in [2.75, 3.05) is 0 Å². The number of aliphatic imine (C=N–C) groups is 1. The molecule has 2 heteroatoms. The van der Waals surface area contributed by atoms with Gasteiger partial charge in [-0.1, -0.05) is 0 Å². The fourth-order valence-electron chi connectivity index (χ4n) is 1.21. The molecular weight excluding hydrogens is 138 g/mol. The summed E-state index contributed by atoms with van der Waals surface area (Å²) < 4.78 is 0. The lowest BCUT2D eigenvalue weighted by Crippen LogP contribution is -2.09. The Bertz CT molecular complexity index is 343. The minimum Gasteiger partial charge on any atom is -0.290 e. The molecule has 0 N–H and O–H groups in total. The van der Waals surface area contributed by atoms with Crippen molar-refractivity contribution < 1.29 is 4.79 Å². The van der Waals surface area contributed by atoms with Crippen molar-refractivity contribution in [3.05, 3.63) is 35.6 Å². The highest BCUT2D eigenvalue weighted by Crippen LogP contribution is 2.19. The predicted octanol–water partition coefficient (Wildman–Crippen LogP) is 1.41. The van der Waals surface area contributed by atoms with Gasteiger partial charge in [0, 0.05) is 17.3 Å². The summed E-state index contributed by atoms with van der Waals surface area (Å²) >= 11 is 0. The molecule has 0 spiro atoms. The normalized spacial score (nSPS) is 20.8. The Morgan fingerprint density at radius 2 is 2.09 bits per heavy atom. The molecule has 0 aromatic heterocycles. The monoisotopic (exact) mass is 145 g/mol. The molecule has 0 unspecified atom stereocenters. The molecule has 2 nitrogen and oxygen atoms in total.